The van der Waals surface area contributed by atoms with Crippen molar-refractivity contribution in [2.75, 3.05) is 13.2 Å². The smallest absolute Gasteiger partial charge is 0.407 e. The third-order valence-corrected chi connectivity index (χ3v) is 4.46. The van der Waals surface area contributed by atoms with E-state index in [0.717, 1.165) is 12.8 Å². The lowest BCUT2D eigenvalue weighted by Gasteiger charge is -2.19. The van der Waals surface area contributed by atoms with Gasteiger partial charge < -0.3 is 34.7 Å². The molecule has 0 saturated carbocycles. The fraction of sp³-hybridized carbons (Fsp3) is 0.417. The second-order valence-electron chi connectivity index (χ2n) is 8.63. The number of aliphatic carboxylic acids is 2. The van der Waals surface area contributed by atoms with Crippen LogP contribution in [0.5, 0.6) is 5.75 Å². The minimum Gasteiger partial charge on any atom is -0.494 e. The van der Waals surface area contributed by atoms with Crippen molar-refractivity contribution in [1.82, 2.24) is 10.6 Å². The summed E-state index contributed by atoms with van der Waals surface area (Å²) in [5.41, 5.74) is 0.132. The first-order valence-electron chi connectivity index (χ1n) is 11.0. The summed E-state index contributed by atoms with van der Waals surface area (Å²) < 4.78 is 16.3. The standard InChI is InChI=1S/C24H30N2O9/c1-24(2,3)35-23(32)25-12-4-5-13-33-16-8-6-15(7-9-16)18-10-11-19(34-18)21(29)26-17(22(30)31)14-20(27)28/h6-11,17H,4-5,12-14H2,1-3H3,(H,25,32)(H,26,29)(H,27,28)(H,30,31)/t17-/m0/s1. The van der Waals surface area contributed by atoms with Crippen LogP contribution in [0.3, 0.4) is 0 Å². The lowest BCUT2D eigenvalue weighted by atomic mass is 10.2. The van der Waals surface area contributed by atoms with Crippen LogP contribution in [0.25, 0.3) is 11.3 Å². The Bertz CT molecular complexity index is 1020. The molecule has 0 fully saturated rings. The second-order valence-corrected chi connectivity index (χ2v) is 8.63. The number of carbonyl (C=O) groups is 4. The molecule has 1 aromatic heterocycles. The number of hydrogen-bond donors (Lipinski definition) is 4. The van der Waals surface area contributed by atoms with Gasteiger partial charge in [-0.2, -0.15) is 0 Å². The van der Waals surface area contributed by atoms with Gasteiger partial charge in [0, 0.05) is 12.1 Å². The van der Waals surface area contributed by atoms with E-state index in [1.165, 1.54) is 6.07 Å². The number of unbranched alkanes of at least 4 members (excludes halogenated alkanes) is 1. The monoisotopic (exact) mass is 490 g/mol. The maximum Gasteiger partial charge on any atom is 0.407 e. The van der Waals surface area contributed by atoms with Crippen LogP contribution in [0, 0.1) is 0 Å². The Morgan fingerprint density at radius 1 is 1.00 bits per heavy atom. The van der Waals surface area contributed by atoms with Crippen LogP contribution in [0.1, 0.15) is 50.6 Å². The van der Waals surface area contributed by atoms with Gasteiger partial charge in [0.05, 0.1) is 13.0 Å². The van der Waals surface area contributed by atoms with Gasteiger partial charge in [0.25, 0.3) is 5.91 Å². The Morgan fingerprint density at radius 2 is 1.69 bits per heavy atom. The van der Waals surface area contributed by atoms with Gasteiger partial charge in [-0.1, -0.05) is 0 Å². The number of carbonyl (C=O) groups excluding carboxylic acids is 2. The van der Waals surface area contributed by atoms with Gasteiger partial charge in [-0.15, -0.1) is 0 Å². The van der Waals surface area contributed by atoms with E-state index in [0.29, 0.717) is 30.2 Å². The Morgan fingerprint density at radius 3 is 2.29 bits per heavy atom. The van der Waals surface area contributed by atoms with Gasteiger partial charge in [0.15, 0.2) is 5.76 Å². The van der Waals surface area contributed by atoms with Crippen LogP contribution in [0.2, 0.25) is 0 Å². The minimum atomic E-state index is -1.57. The van der Waals surface area contributed by atoms with Crippen molar-refractivity contribution in [2.24, 2.45) is 0 Å². The quantitative estimate of drug-likeness (QED) is 0.327. The SMILES string of the molecule is CC(C)(C)OC(=O)NCCCCOc1ccc(-c2ccc(C(=O)N[C@@H](CC(=O)O)C(=O)O)o2)cc1. The van der Waals surface area contributed by atoms with Crippen LogP contribution in [-0.2, 0) is 14.3 Å². The van der Waals surface area contributed by atoms with E-state index in [4.69, 9.17) is 24.1 Å². The number of rotatable bonds is 12. The number of benzene rings is 1. The first kappa shape index (κ1) is 27.2. The topological polar surface area (TPSA) is 164 Å². The predicted octanol–water partition coefficient (Wildman–Crippen LogP) is 3.29. The van der Waals surface area contributed by atoms with Gasteiger partial charge in [0.1, 0.15) is 23.2 Å². The number of nitrogens with one attached hydrogen (secondary N) is 2. The van der Waals surface area contributed by atoms with Crippen molar-refractivity contribution in [1.29, 1.82) is 0 Å². The average Bonchev–Trinajstić information content (AvgIpc) is 3.25. The highest BCUT2D eigenvalue weighted by molar-refractivity contribution is 5.95. The maximum absolute atomic E-state index is 12.2. The molecule has 0 bridgehead atoms. The molecular formula is C24H30N2O9. The van der Waals surface area contributed by atoms with Gasteiger partial charge in [-0.3, -0.25) is 9.59 Å². The first-order chi connectivity index (χ1) is 16.4. The summed E-state index contributed by atoms with van der Waals surface area (Å²) in [7, 11) is 0. The second kappa shape index (κ2) is 12.4. The Labute approximate surface area is 202 Å². The van der Waals surface area contributed by atoms with Crippen molar-refractivity contribution in [3.8, 4) is 17.1 Å². The number of alkyl carbamates (subject to hydrolysis) is 1. The highest BCUT2D eigenvalue weighted by Gasteiger charge is 2.25. The predicted molar refractivity (Wildman–Crippen MR) is 124 cm³/mol. The molecule has 0 saturated heterocycles. The maximum atomic E-state index is 12.2. The number of ether oxygens (including phenoxy) is 2. The molecule has 11 heteroatoms. The molecule has 0 radical (unpaired) electrons. The highest BCUT2D eigenvalue weighted by atomic mass is 16.6. The number of amides is 2. The third kappa shape index (κ3) is 9.78. The van der Waals surface area contributed by atoms with E-state index in [1.807, 2.05) is 0 Å². The van der Waals surface area contributed by atoms with Crippen LogP contribution < -0.4 is 15.4 Å². The van der Waals surface area contributed by atoms with Crippen molar-refractivity contribution >= 4 is 23.9 Å². The first-order valence-corrected chi connectivity index (χ1v) is 11.0. The van der Waals surface area contributed by atoms with Gasteiger partial charge in [0.2, 0.25) is 0 Å². The molecule has 2 rings (SSSR count). The average molecular weight is 491 g/mol. The highest BCUT2D eigenvalue weighted by Crippen LogP contribution is 2.25. The van der Waals surface area contributed by atoms with Crippen molar-refractivity contribution in [3.63, 3.8) is 0 Å². The molecular weight excluding hydrogens is 460 g/mol. The molecule has 0 aliphatic carbocycles. The van der Waals surface area contributed by atoms with E-state index in [1.54, 1.807) is 51.1 Å². The zero-order valence-electron chi connectivity index (χ0n) is 19.8. The Hall–Kier alpha value is -4.02. The van der Waals surface area contributed by atoms with Gasteiger partial charge in [-0.05, 0) is 70.0 Å². The molecule has 2 aromatic rings. The van der Waals surface area contributed by atoms with Crippen molar-refractivity contribution in [3.05, 3.63) is 42.2 Å². The molecule has 4 N–H and O–H groups in total. The largest absolute Gasteiger partial charge is 0.494 e. The zero-order chi connectivity index (χ0) is 26.0. The summed E-state index contributed by atoms with van der Waals surface area (Å²) in [4.78, 5) is 45.7. The number of carboxylic acids is 2. The van der Waals surface area contributed by atoms with Crippen molar-refractivity contribution in [2.45, 2.75) is 51.7 Å². The summed E-state index contributed by atoms with van der Waals surface area (Å²) in [5.74, 6) is -2.76. The Kier molecular flexibility index (Phi) is 9.68. The summed E-state index contributed by atoms with van der Waals surface area (Å²) in [6.45, 7) is 6.34. The Balaban J connectivity index is 1.79. The molecule has 190 valence electrons. The fourth-order valence-electron chi connectivity index (χ4n) is 2.86. The summed E-state index contributed by atoms with van der Waals surface area (Å²) in [6.07, 6.45) is 0.252. The molecule has 1 atom stereocenters. The zero-order valence-corrected chi connectivity index (χ0v) is 19.8. The molecule has 0 unspecified atom stereocenters. The molecule has 0 aliphatic rings. The lowest BCUT2D eigenvalue weighted by Crippen LogP contribution is -2.42. The van der Waals surface area contributed by atoms with Crippen LogP contribution in [0.4, 0.5) is 4.79 Å². The van der Waals surface area contributed by atoms with E-state index in [9.17, 15) is 19.2 Å². The fourth-order valence-corrected chi connectivity index (χ4v) is 2.86. The number of carboxylic acid groups (broad SMARTS) is 2. The summed E-state index contributed by atoms with van der Waals surface area (Å²) in [5, 5.41) is 22.6. The van der Waals surface area contributed by atoms with E-state index >= 15 is 0 Å². The van der Waals surface area contributed by atoms with E-state index < -0.39 is 42.0 Å². The van der Waals surface area contributed by atoms with Crippen molar-refractivity contribution < 1.29 is 43.3 Å². The number of hydrogen-bond acceptors (Lipinski definition) is 7. The molecule has 1 aromatic carbocycles. The third-order valence-electron chi connectivity index (χ3n) is 4.46. The van der Waals surface area contributed by atoms with Gasteiger partial charge in [-0.25, -0.2) is 9.59 Å². The van der Waals surface area contributed by atoms with Gasteiger partial charge >= 0.3 is 18.0 Å². The van der Waals surface area contributed by atoms with Crippen LogP contribution in [0.15, 0.2) is 40.8 Å². The molecule has 0 spiro atoms. The molecule has 11 nitrogen and oxygen atoms in total. The van der Waals surface area contributed by atoms with Crippen LogP contribution in [-0.4, -0.2) is 58.9 Å². The summed E-state index contributed by atoms with van der Waals surface area (Å²) in [6, 6.07) is 8.32. The number of furan rings is 1. The molecule has 1 heterocycles. The van der Waals surface area contributed by atoms with Crippen LogP contribution >= 0.6 is 0 Å². The van der Waals surface area contributed by atoms with E-state index in [-0.39, 0.29) is 5.76 Å². The summed E-state index contributed by atoms with van der Waals surface area (Å²) >= 11 is 0. The lowest BCUT2D eigenvalue weighted by molar-refractivity contribution is -0.145. The molecule has 35 heavy (non-hydrogen) atoms. The molecule has 0 aliphatic heterocycles. The normalized spacial score (nSPS) is 11.9. The van der Waals surface area contributed by atoms with E-state index in [2.05, 4.69) is 10.6 Å². The molecule has 2 amide bonds. The minimum absolute atomic E-state index is 0.142.